The Kier molecular flexibility index (Phi) is 4.02. The quantitative estimate of drug-likeness (QED) is 0.746. The van der Waals surface area contributed by atoms with Crippen molar-refractivity contribution in [3.8, 4) is 6.07 Å². The minimum absolute atomic E-state index is 0.0302. The number of H-pyrrole nitrogens is 1. The smallest absolute Gasteiger partial charge is 0.255 e. The number of fused-ring (bicyclic) bond motifs is 3. The van der Waals surface area contributed by atoms with Gasteiger partial charge in [-0.1, -0.05) is 12.1 Å². The van der Waals surface area contributed by atoms with E-state index in [-0.39, 0.29) is 11.5 Å². The summed E-state index contributed by atoms with van der Waals surface area (Å²) in [6.07, 6.45) is 3.90. The van der Waals surface area contributed by atoms with E-state index in [4.69, 9.17) is 5.26 Å². The zero-order valence-corrected chi connectivity index (χ0v) is 14.1. The van der Waals surface area contributed by atoms with Crippen molar-refractivity contribution >= 4 is 22.5 Å². The van der Waals surface area contributed by atoms with Gasteiger partial charge in [-0.2, -0.15) is 5.26 Å². The molecule has 0 saturated carbocycles. The number of aryl methyl sites for hydroxylation is 1. The molecule has 5 nitrogen and oxygen atoms in total. The number of aromatic amines is 1. The van der Waals surface area contributed by atoms with Gasteiger partial charge in [0.25, 0.3) is 11.5 Å². The maximum Gasteiger partial charge on any atom is 0.255 e. The van der Waals surface area contributed by atoms with E-state index < -0.39 is 0 Å². The first kappa shape index (κ1) is 16.1. The Hall–Kier alpha value is -3.39. The topological polar surface area (TPSA) is 85.8 Å². The molecule has 4 rings (SSSR count). The van der Waals surface area contributed by atoms with Crippen LogP contribution in [0.2, 0.25) is 0 Å². The summed E-state index contributed by atoms with van der Waals surface area (Å²) in [6.45, 7) is 0. The van der Waals surface area contributed by atoms with Gasteiger partial charge in [0.05, 0.1) is 17.1 Å². The number of amides is 1. The normalized spacial score (nSPS) is 13.0. The van der Waals surface area contributed by atoms with Crippen LogP contribution in [0.25, 0.3) is 10.9 Å². The average molecular weight is 343 g/mol. The van der Waals surface area contributed by atoms with E-state index in [1.54, 1.807) is 30.3 Å². The highest BCUT2D eigenvalue weighted by Gasteiger charge is 2.16. The zero-order chi connectivity index (χ0) is 18.1. The SMILES string of the molecule is N#Cc1cccc(C(=O)Nc2ccc3c4c(c(=O)[nH]c3c2)CCCC4)c1. The fourth-order valence-electron chi connectivity index (χ4n) is 3.57. The van der Waals surface area contributed by atoms with Crippen molar-refractivity contribution in [3.63, 3.8) is 0 Å². The van der Waals surface area contributed by atoms with Crippen LogP contribution in [0.15, 0.2) is 47.3 Å². The average Bonchev–Trinajstić information content (AvgIpc) is 2.68. The van der Waals surface area contributed by atoms with Gasteiger partial charge in [-0.15, -0.1) is 0 Å². The van der Waals surface area contributed by atoms with Gasteiger partial charge in [0.2, 0.25) is 0 Å². The number of benzene rings is 2. The first-order valence-corrected chi connectivity index (χ1v) is 8.65. The molecule has 3 aromatic rings. The van der Waals surface area contributed by atoms with Crippen LogP contribution in [-0.4, -0.2) is 10.9 Å². The fourth-order valence-corrected chi connectivity index (χ4v) is 3.57. The number of nitriles is 1. The molecule has 5 heteroatoms. The third kappa shape index (κ3) is 2.86. The molecule has 128 valence electrons. The largest absolute Gasteiger partial charge is 0.322 e. The highest BCUT2D eigenvalue weighted by Crippen LogP contribution is 2.27. The van der Waals surface area contributed by atoms with E-state index in [1.807, 2.05) is 18.2 Å². The number of rotatable bonds is 2. The summed E-state index contributed by atoms with van der Waals surface area (Å²) in [5.74, 6) is -0.290. The Bertz CT molecular complexity index is 1120. The molecule has 0 saturated heterocycles. The lowest BCUT2D eigenvalue weighted by atomic mass is 9.90. The van der Waals surface area contributed by atoms with E-state index >= 15 is 0 Å². The molecule has 0 aliphatic heterocycles. The number of nitrogens with one attached hydrogen (secondary N) is 2. The molecule has 26 heavy (non-hydrogen) atoms. The maximum atomic E-state index is 12.4. The number of nitrogens with zero attached hydrogens (tertiary/aromatic N) is 1. The second-order valence-electron chi connectivity index (χ2n) is 6.53. The number of carbonyl (C=O) groups is 1. The molecule has 0 spiro atoms. The minimum atomic E-state index is -0.290. The minimum Gasteiger partial charge on any atom is -0.322 e. The van der Waals surface area contributed by atoms with Crippen LogP contribution in [0.4, 0.5) is 5.69 Å². The lowest BCUT2D eigenvalue weighted by Crippen LogP contribution is -2.19. The van der Waals surface area contributed by atoms with Gasteiger partial charge in [0, 0.05) is 22.2 Å². The zero-order valence-electron chi connectivity index (χ0n) is 14.1. The monoisotopic (exact) mass is 343 g/mol. The maximum absolute atomic E-state index is 12.4. The first-order chi connectivity index (χ1) is 12.7. The molecule has 1 aromatic heterocycles. The highest BCUT2D eigenvalue weighted by atomic mass is 16.1. The van der Waals surface area contributed by atoms with Crippen molar-refractivity contribution in [1.82, 2.24) is 4.98 Å². The molecule has 2 aromatic carbocycles. The molecule has 0 fully saturated rings. The molecule has 2 N–H and O–H groups in total. The first-order valence-electron chi connectivity index (χ1n) is 8.65. The van der Waals surface area contributed by atoms with Gasteiger partial charge in [-0.3, -0.25) is 9.59 Å². The molecule has 0 radical (unpaired) electrons. The van der Waals surface area contributed by atoms with Crippen LogP contribution in [0.1, 0.15) is 39.9 Å². The van der Waals surface area contributed by atoms with E-state index in [9.17, 15) is 9.59 Å². The predicted molar refractivity (Wildman–Crippen MR) is 100 cm³/mol. The van der Waals surface area contributed by atoms with Gasteiger partial charge < -0.3 is 10.3 Å². The summed E-state index contributed by atoms with van der Waals surface area (Å²) in [7, 11) is 0. The van der Waals surface area contributed by atoms with Gasteiger partial charge in [-0.05, 0) is 61.6 Å². The Morgan fingerprint density at radius 1 is 1.08 bits per heavy atom. The van der Waals surface area contributed by atoms with Crippen LogP contribution in [-0.2, 0) is 12.8 Å². The van der Waals surface area contributed by atoms with Gasteiger partial charge in [0.1, 0.15) is 0 Å². The van der Waals surface area contributed by atoms with Crippen LogP contribution in [0, 0.1) is 11.3 Å². The van der Waals surface area contributed by atoms with Crippen molar-refractivity contribution < 1.29 is 4.79 Å². The Morgan fingerprint density at radius 3 is 2.69 bits per heavy atom. The van der Waals surface area contributed by atoms with Gasteiger partial charge in [-0.25, -0.2) is 0 Å². The summed E-state index contributed by atoms with van der Waals surface area (Å²) < 4.78 is 0. The molecule has 1 aliphatic carbocycles. The predicted octanol–water partition coefficient (Wildman–Crippen LogP) is 3.53. The van der Waals surface area contributed by atoms with Crippen LogP contribution < -0.4 is 10.9 Å². The van der Waals surface area contributed by atoms with E-state index in [1.165, 1.54) is 0 Å². The Morgan fingerprint density at radius 2 is 1.88 bits per heavy atom. The summed E-state index contributed by atoms with van der Waals surface area (Å²) in [5, 5.41) is 12.8. The number of pyridine rings is 1. The summed E-state index contributed by atoms with van der Waals surface area (Å²) in [6, 6.07) is 14.2. The van der Waals surface area contributed by atoms with E-state index in [0.29, 0.717) is 16.8 Å². The molecule has 1 heterocycles. The van der Waals surface area contributed by atoms with E-state index in [0.717, 1.165) is 47.7 Å². The molecule has 1 amide bonds. The molecule has 0 atom stereocenters. The second-order valence-corrected chi connectivity index (χ2v) is 6.53. The number of hydrogen-bond acceptors (Lipinski definition) is 3. The van der Waals surface area contributed by atoms with Crippen LogP contribution in [0.3, 0.4) is 0 Å². The Balaban J connectivity index is 1.68. The van der Waals surface area contributed by atoms with Crippen molar-refractivity contribution in [2.45, 2.75) is 25.7 Å². The van der Waals surface area contributed by atoms with E-state index in [2.05, 4.69) is 10.3 Å². The number of aromatic nitrogens is 1. The molecular formula is C21H17N3O2. The lowest BCUT2D eigenvalue weighted by Gasteiger charge is -2.17. The van der Waals surface area contributed by atoms with Crippen molar-refractivity contribution in [1.29, 1.82) is 5.26 Å². The summed E-state index contributed by atoms with van der Waals surface area (Å²) in [4.78, 5) is 27.7. The van der Waals surface area contributed by atoms with Gasteiger partial charge in [0.15, 0.2) is 0 Å². The van der Waals surface area contributed by atoms with Crippen molar-refractivity contribution in [3.05, 3.63) is 75.1 Å². The standard InChI is InChI=1S/C21H17N3O2/c22-12-13-4-3-5-14(10-13)20(25)23-15-8-9-17-16-6-1-2-7-18(16)21(26)24-19(17)11-15/h3-5,8-11H,1-2,6-7H2,(H,23,25)(H,24,26). The van der Waals surface area contributed by atoms with Crippen LogP contribution >= 0.6 is 0 Å². The summed E-state index contributed by atoms with van der Waals surface area (Å²) >= 11 is 0. The van der Waals surface area contributed by atoms with Crippen LogP contribution in [0.5, 0.6) is 0 Å². The number of hydrogen-bond donors (Lipinski definition) is 2. The lowest BCUT2D eigenvalue weighted by molar-refractivity contribution is 0.102. The molecule has 1 aliphatic rings. The summed E-state index contributed by atoms with van der Waals surface area (Å²) in [5.41, 5.74) is 4.20. The second kappa shape index (κ2) is 6.49. The number of anilines is 1. The van der Waals surface area contributed by atoms with Crippen molar-refractivity contribution in [2.75, 3.05) is 5.32 Å². The molecule has 0 unspecified atom stereocenters. The number of carbonyl (C=O) groups excluding carboxylic acids is 1. The fraction of sp³-hybridized carbons (Fsp3) is 0.190. The van der Waals surface area contributed by atoms with Crippen molar-refractivity contribution in [2.24, 2.45) is 0 Å². The Labute approximate surface area is 150 Å². The molecule has 0 bridgehead atoms. The third-order valence-corrected chi connectivity index (χ3v) is 4.85. The molecular weight excluding hydrogens is 326 g/mol. The third-order valence-electron chi connectivity index (χ3n) is 4.85. The van der Waals surface area contributed by atoms with Gasteiger partial charge >= 0.3 is 0 Å². The highest BCUT2D eigenvalue weighted by molar-refractivity contribution is 6.05.